The molecule has 3 N–H and O–H groups in total. The van der Waals surface area contributed by atoms with Crippen molar-refractivity contribution in [3.8, 4) is 11.6 Å². The van der Waals surface area contributed by atoms with Gasteiger partial charge in [-0.2, -0.15) is 15.1 Å². The fraction of sp³-hybridized carbons (Fsp3) is 0.267. The lowest BCUT2D eigenvalue weighted by molar-refractivity contribution is 0.458. The molecule has 0 bridgehead atoms. The van der Waals surface area contributed by atoms with Crippen LogP contribution in [0.2, 0.25) is 0 Å². The zero-order valence-corrected chi connectivity index (χ0v) is 12.0. The SMILES string of the molecule is CCC(C)c1ccccc1Oc1nc(N)nc2[nH]ncc12. The molecular weight excluding hydrogens is 266 g/mol. The molecule has 0 radical (unpaired) electrons. The first-order valence-electron chi connectivity index (χ1n) is 6.92. The lowest BCUT2D eigenvalue weighted by atomic mass is 9.98. The van der Waals surface area contributed by atoms with Crippen molar-refractivity contribution in [3.05, 3.63) is 36.0 Å². The maximum Gasteiger partial charge on any atom is 0.235 e. The fourth-order valence-electron chi connectivity index (χ4n) is 2.21. The molecule has 3 aromatic rings. The third-order valence-electron chi connectivity index (χ3n) is 3.56. The third kappa shape index (κ3) is 2.52. The Kier molecular flexibility index (Phi) is 3.43. The molecule has 0 saturated carbocycles. The summed E-state index contributed by atoms with van der Waals surface area (Å²) in [5, 5.41) is 7.44. The second kappa shape index (κ2) is 5.40. The first-order chi connectivity index (χ1) is 10.2. The number of para-hydroxylation sites is 1. The molecule has 6 heteroatoms. The van der Waals surface area contributed by atoms with E-state index in [4.69, 9.17) is 10.5 Å². The molecule has 0 saturated heterocycles. The lowest BCUT2D eigenvalue weighted by Gasteiger charge is -2.15. The largest absolute Gasteiger partial charge is 0.438 e. The van der Waals surface area contributed by atoms with Crippen LogP contribution < -0.4 is 10.5 Å². The van der Waals surface area contributed by atoms with Gasteiger partial charge in [0.05, 0.1) is 6.20 Å². The Morgan fingerprint density at radius 3 is 2.90 bits per heavy atom. The number of benzene rings is 1. The van der Waals surface area contributed by atoms with E-state index in [1.165, 1.54) is 0 Å². The minimum absolute atomic E-state index is 0.155. The quantitative estimate of drug-likeness (QED) is 0.767. The number of nitrogens with one attached hydrogen (secondary N) is 1. The summed E-state index contributed by atoms with van der Waals surface area (Å²) >= 11 is 0. The highest BCUT2D eigenvalue weighted by atomic mass is 16.5. The van der Waals surface area contributed by atoms with Crippen LogP contribution >= 0.6 is 0 Å². The van der Waals surface area contributed by atoms with Crippen LogP contribution in [0.4, 0.5) is 5.95 Å². The summed E-state index contributed by atoms with van der Waals surface area (Å²) < 4.78 is 5.99. The van der Waals surface area contributed by atoms with Gasteiger partial charge < -0.3 is 10.5 Å². The molecule has 1 atom stereocenters. The van der Waals surface area contributed by atoms with E-state index in [2.05, 4.69) is 40.1 Å². The molecule has 2 aromatic heterocycles. The summed E-state index contributed by atoms with van der Waals surface area (Å²) in [5.74, 6) is 1.76. The minimum atomic E-state index is 0.155. The van der Waals surface area contributed by atoms with Crippen LogP contribution in [-0.4, -0.2) is 20.2 Å². The Balaban J connectivity index is 2.05. The lowest BCUT2D eigenvalue weighted by Crippen LogP contribution is -2.00. The van der Waals surface area contributed by atoms with Gasteiger partial charge in [0.15, 0.2) is 5.65 Å². The van der Waals surface area contributed by atoms with E-state index < -0.39 is 0 Å². The number of ether oxygens (including phenoxy) is 1. The Morgan fingerprint density at radius 2 is 2.10 bits per heavy atom. The van der Waals surface area contributed by atoms with E-state index in [0.29, 0.717) is 22.8 Å². The number of hydrogen-bond acceptors (Lipinski definition) is 5. The second-order valence-corrected chi connectivity index (χ2v) is 4.97. The zero-order valence-electron chi connectivity index (χ0n) is 12.0. The van der Waals surface area contributed by atoms with Crippen LogP contribution in [0, 0.1) is 0 Å². The minimum Gasteiger partial charge on any atom is -0.438 e. The van der Waals surface area contributed by atoms with Crippen molar-refractivity contribution < 1.29 is 4.74 Å². The van der Waals surface area contributed by atoms with E-state index >= 15 is 0 Å². The van der Waals surface area contributed by atoms with E-state index in [1.807, 2.05) is 18.2 Å². The molecule has 0 spiro atoms. The van der Waals surface area contributed by atoms with Gasteiger partial charge in [0.1, 0.15) is 11.1 Å². The number of nitrogens with two attached hydrogens (primary N) is 1. The Hall–Kier alpha value is -2.63. The van der Waals surface area contributed by atoms with Gasteiger partial charge in [0.2, 0.25) is 11.8 Å². The van der Waals surface area contributed by atoms with Crippen LogP contribution in [-0.2, 0) is 0 Å². The molecule has 0 fully saturated rings. The first kappa shape index (κ1) is 13.4. The molecule has 1 aromatic carbocycles. The fourth-order valence-corrected chi connectivity index (χ4v) is 2.21. The summed E-state index contributed by atoms with van der Waals surface area (Å²) in [6.45, 7) is 4.32. The number of nitrogen functional groups attached to an aromatic ring is 1. The Labute approximate surface area is 122 Å². The van der Waals surface area contributed by atoms with Gasteiger partial charge in [0, 0.05) is 0 Å². The maximum absolute atomic E-state index is 5.99. The third-order valence-corrected chi connectivity index (χ3v) is 3.56. The van der Waals surface area contributed by atoms with Gasteiger partial charge in [-0.1, -0.05) is 32.0 Å². The highest BCUT2D eigenvalue weighted by Crippen LogP contribution is 2.33. The molecular formula is C15H17N5O. The van der Waals surface area contributed by atoms with Crippen molar-refractivity contribution in [1.82, 2.24) is 20.2 Å². The average molecular weight is 283 g/mol. The van der Waals surface area contributed by atoms with E-state index in [-0.39, 0.29) is 5.95 Å². The van der Waals surface area contributed by atoms with Crippen molar-refractivity contribution in [3.63, 3.8) is 0 Å². The number of rotatable bonds is 4. The number of hydrogen-bond donors (Lipinski definition) is 2. The zero-order chi connectivity index (χ0) is 14.8. The predicted molar refractivity (Wildman–Crippen MR) is 81.3 cm³/mol. The van der Waals surface area contributed by atoms with E-state index in [0.717, 1.165) is 17.7 Å². The summed E-state index contributed by atoms with van der Waals surface area (Å²) in [6, 6.07) is 7.96. The van der Waals surface area contributed by atoms with Gasteiger partial charge >= 0.3 is 0 Å². The van der Waals surface area contributed by atoms with Crippen LogP contribution in [0.5, 0.6) is 11.6 Å². The number of nitrogens with zero attached hydrogens (tertiary/aromatic N) is 3. The number of H-pyrrole nitrogens is 1. The summed E-state index contributed by atoms with van der Waals surface area (Å²) in [7, 11) is 0. The highest BCUT2D eigenvalue weighted by molar-refractivity contribution is 5.80. The Bertz CT molecular complexity index is 768. The number of anilines is 1. The first-order valence-corrected chi connectivity index (χ1v) is 6.92. The normalized spacial score (nSPS) is 12.5. The molecule has 2 heterocycles. The van der Waals surface area contributed by atoms with Crippen molar-refractivity contribution in [2.24, 2.45) is 0 Å². The van der Waals surface area contributed by atoms with Crippen LogP contribution in [0.25, 0.3) is 11.0 Å². The molecule has 1 unspecified atom stereocenters. The van der Waals surface area contributed by atoms with E-state index in [1.54, 1.807) is 6.20 Å². The molecule has 21 heavy (non-hydrogen) atoms. The second-order valence-electron chi connectivity index (χ2n) is 4.97. The smallest absolute Gasteiger partial charge is 0.235 e. The average Bonchev–Trinajstić information content (AvgIpc) is 2.95. The Morgan fingerprint density at radius 1 is 1.29 bits per heavy atom. The standard InChI is InChI=1S/C15H17N5O/c1-3-9(2)10-6-4-5-7-12(10)21-14-11-8-17-20-13(11)18-15(16)19-14/h4-9H,3H2,1-2H3,(H3,16,17,18,19,20). The topological polar surface area (TPSA) is 89.7 Å². The van der Waals surface area contributed by atoms with Crippen molar-refractivity contribution >= 4 is 17.0 Å². The maximum atomic E-state index is 5.99. The predicted octanol–water partition coefficient (Wildman–Crippen LogP) is 3.24. The van der Waals surface area contributed by atoms with Gasteiger partial charge in [-0.25, -0.2) is 0 Å². The van der Waals surface area contributed by atoms with Gasteiger partial charge in [-0.3, -0.25) is 5.10 Å². The van der Waals surface area contributed by atoms with Gasteiger partial charge in [0.25, 0.3) is 0 Å². The molecule has 0 aliphatic heterocycles. The van der Waals surface area contributed by atoms with Crippen LogP contribution in [0.3, 0.4) is 0 Å². The molecule has 108 valence electrons. The monoisotopic (exact) mass is 283 g/mol. The molecule has 0 amide bonds. The summed E-state index contributed by atoms with van der Waals surface area (Å²) in [4.78, 5) is 8.26. The molecule has 3 rings (SSSR count). The molecule has 0 aliphatic rings. The molecule has 6 nitrogen and oxygen atoms in total. The molecule has 0 aliphatic carbocycles. The van der Waals surface area contributed by atoms with Gasteiger partial charge in [-0.15, -0.1) is 0 Å². The summed E-state index contributed by atoms with van der Waals surface area (Å²) in [5.41, 5.74) is 7.43. The van der Waals surface area contributed by atoms with Crippen molar-refractivity contribution in [2.45, 2.75) is 26.2 Å². The summed E-state index contributed by atoms with van der Waals surface area (Å²) in [6.07, 6.45) is 2.67. The van der Waals surface area contributed by atoms with Crippen molar-refractivity contribution in [2.75, 3.05) is 5.73 Å². The highest BCUT2D eigenvalue weighted by Gasteiger charge is 2.14. The van der Waals surface area contributed by atoms with Gasteiger partial charge in [-0.05, 0) is 24.0 Å². The number of aromatic nitrogens is 4. The van der Waals surface area contributed by atoms with Crippen LogP contribution in [0.1, 0.15) is 31.7 Å². The number of fused-ring (bicyclic) bond motifs is 1. The number of aromatic amines is 1. The van der Waals surface area contributed by atoms with Crippen molar-refractivity contribution in [1.29, 1.82) is 0 Å². The van der Waals surface area contributed by atoms with Crippen LogP contribution in [0.15, 0.2) is 30.5 Å². The van der Waals surface area contributed by atoms with E-state index in [9.17, 15) is 0 Å².